The number of rotatable bonds is 12. The van der Waals surface area contributed by atoms with E-state index in [-0.39, 0.29) is 10.8 Å². The van der Waals surface area contributed by atoms with E-state index >= 15 is 0 Å². The van der Waals surface area contributed by atoms with Crippen molar-refractivity contribution in [2.24, 2.45) is 10.8 Å². The van der Waals surface area contributed by atoms with Gasteiger partial charge in [-0.25, -0.2) is 0 Å². The van der Waals surface area contributed by atoms with Crippen LogP contribution in [-0.2, 0) is 19.1 Å². The summed E-state index contributed by atoms with van der Waals surface area (Å²) in [5.41, 5.74) is -0.341. The van der Waals surface area contributed by atoms with Gasteiger partial charge >= 0.3 is 0 Å². The molecule has 1 fully saturated rings. The van der Waals surface area contributed by atoms with Crippen molar-refractivity contribution in [1.29, 1.82) is 0 Å². The Kier molecular flexibility index (Phi) is 12.9. The summed E-state index contributed by atoms with van der Waals surface area (Å²) in [4.78, 5) is 20.7. The van der Waals surface area contributed by atoms with Crippen molar-refractivity contribution < 1.29 is 29.3 Å². The third-order valence-corrected chi connectivity index (χ3v) is 4.60. The Labute approximate surface area is 158 Å². The van der Waals surface area contributed by atoms with Gasteiger partial charge in [-0.1, -0.05) is 27.7 Å². The zero-order valence-corrected chi connectivity index (χ0v) is 16.9. The maximum atomic E-state index is 10.4. The first-order valence-electron chi connectivity index (χ1n) is 9.64. The van der Waals surface area contributed by atoms with E-state index in [0.717, 1.165) is 32.0 Å². The number of aliphatic hydroxyl groups excluding tert-OH is 2. The zero-order valence-electron chi connectivity index (χ0n) is 16.9. The molecule has 0 heterocycles. The number of carbonyl (C=O) groups is 2. The average Bonchev–Trinajstić information content (AvgIpc) is 2.82. The molecule has 1 aliphatic carbocycles. The molecule has 154 valence electrons. The molecule has 0 spiro atoms. The predicted molar refractivity (Wildman–Crippen MR) is 101 cm³/mol. The number of hydrogen-bond acceptors (Lipinski definition) is 6. The largest absolute Gasteiger partial charge is 0.390 e. The molecule has 26 heavy (non-hydrogen) atoms. The van der Waals surface area contributed by atoms with Crippen LogP contribution in [0.4, 0.5) is 0 Å². The minimum Gasteiger partial charge on any atom is -0.390 e. The monoisotopic (exact) mass is 374 g/mol. The number of hydrogen-bond donors (Lipinski definition) is 2. The van der Waals surface area contributed by atoms with Crippen LogP contribution in [0.5, 0.6) is 0 Å². The smallest absolute Gasteiger partial charge is 0.120 e. The van der Waals surface area contributed by atoms with Gasteiger partial charge in [-0.05, 0) is 31.1 Å². The summed E-state index contributed by atoms with van der Waals surface area (Å²) >= 11 is 0. The van der Waals surface area contributed by atoms with Crippen molar-refractivity contribution in [3.8, 4) is 0 Å². The maximum absolute atomic E-state index is 10.4. The summed E-state index contributed by atoms with van der Waals surface area (Å²) in [6.07, 6.45) is 4.61. The molecular weight excluding hydrogens is 336 g/mol. The van der Waals surface area contributed by atoms with Gasteiger partial charge < -0.3 is 29.3 Å². The second kappa shape index (κ2) is 13.4. The first kappa shape index (κ1) is 25.2. The van der Waals surface area contributed by atoms with Gasteiger partial charge in [0.2, 0.25) is 0 Å². The summed E-state index contributed by atoms with van der Waals surface area (Å²) in [7, 11) is 0. The van der Waals surface area contributed by atoms with Gasteiger partial charge in [-0.3, -0.25) is 0 Å². The molecule has 2 N–H and O–H groups in total. The molecule has 2 unspecified atom stereocenters. The molecule has 0 amide bonds. The molecule has 1 saturated carbocycles. The van der Waals surface area contributed by atoms with Crippen molar-refractivity contribution >= 4 is 12.6 Å². The summed E-state index contributed by atoms with van der Waals surface area (Å²) in [6.45, 7) is 10.6. The number of carbonyl (C=O) groups excluding carboxylic acids is 2. The Balaban J connectivity index is 0.000000481. The number of aldehydes is 2. The van der Waals surface area contributed by atoms with Crippen LogP contribution in [0.3, 0.4) is 0 Å². The molecule has 6 nitrogen and oxygen atoms in total. The second-order valence-corrected chi connectivity index (χ2v) is 8.01. The molecule has 0 aromatic carbocycles. The van der Waals surface area contributed by atoms with Gasteiger partial charge in [-0.15, -0.1) is 0 Å². The predicted octanol–water partition coefficient (Wildman–Crippen LogP) is 2.53. The quantitative estimate of drug-likeness (QED) is 0.403. The Bertz CT molecular complexity index is 364. The molecule has 2 atom stereocenters. The highest BCUT2D eigenvalue weighted by molar-refractivity contribution is 5.55. The van der Waals surface area contributed by atoms with Crippen LogP contribution in [0.15, 0.2) is 0 Å². The molecule has 6 heteroatoms. The highest BCUT2D eigenvalue weighted by Crippen LogP contribution is 2.38. The van der Waals surface area contributed by atoms with Crippen LogP contribution in [0.1, 0.15) is 66.2 Å². The minimum absolute atomic E-state index is 0.0337. The Morgan fingerprint density at radius 1 is 1.00 bits per heavy atom. The van der Waals surface area contributed by atoms with Crippen LogP contribution in [0.25, 0.3) is 0 Å². The van der Waals surface area contributed by atoms with Crippen LogP contribution in [0.2, 0.25) is 0 Å². The van der Waals surface area contributed by atoms with Gasteiger partial charge in [0.15, 0.2) is 0 Å². The maximum Gasteiger partial charge on any atom is 0.120 e. The van der Waals surface area contributed by atoms with Crippen molar-refractivity contribution in [3.63, 3.8) is 0 Å². The SMILES string of the molecule is CCCOCC(C)(CC=O)CC=O.CCCOCC1(C)CC(O)C(O)C1. The van der Waals surface area contributed by atoms with E-state index in [0.29, 0.717) is 45.5 Å². The molecule has 0 saturated heterocycles. The fraction of sp³-hybridized carbons (Fsp3) is 0.900. The lowest BCUT2D eigenvalue weighted by molar-refractivity contribution is -0.114. The van der Waals surface area contributed by atoms with E-state index in [4.69, 9.17) is 9.47 Å². The Morgan fingerprint density at radius 3 is 1.88 bits per heavy atom. The number of aliphatic hydroxyl groups is 2. The normalized spacial score (nSPS) is 25.5. The fourth-order valence-corrected chi connectivity index (χ4v) is 3.01. The molecule has 0 aromatic rings. The minimum atomic E-state index is -0.560. The van der Waals surface area contributed by atoms with E-state index in [2.05, 4.69) is 13.8 Å². The van der Waals surface area contributed by atoms with E-state index in [1.807, 2.05) is 13.8 Å². The highest BCUT2D eigenvalue weighted by Gasteiger charge is 2.40. The zero-order chi connectivity index (χ0) is 20.1. The Hall–Kier alpha value is -0.820. The van der Waals surface area contributed by atoms with Gasteiger partial charge in [0, 0.05) is 31.5 Å². The summed E-state index contributed by atoms with van der Waals surface area (Å²) in [5, 5.41) is 18.8. The first-order valence-corrected chi connectivity index (χ1v) is 9.64. The Morgan fingerprint density at radius 2 is 1.46 bits per heavy atom. The number of ether oxygens (including phenoxy) is 2. The molecule has 1 rings (SSSR count). The molecule has 0 aromatic heterocycles. The van der Waals surface area contributed by atoms with Crippen LogP contribution < -0.4 is 0 Å². The second-order valence-electron chi connectivity index (χ2n) is 8.01. The molecule has 1 aliphatic rings. The topological polar surface area (TPSA) is 93.1 Å². The van der Waals surface area contributed by atoms with Gasteiger partial charge in [0.05, 0.1) is 25.4 Å². The third-order valence-electron chi connectivity index (χ3n) is 4.60. The van der Waals surface area contributed by atoms with Gasteiger partial charge in [-0.2, -0.15) is 0 Å². The van der Waals surface area contributed by atoms with Gasteiger partial charge in [0.1, 0.15) is 12.6 Å². The lowest BCUT2D eigenvalue weighted by atomic mass is 9.85. The van der Waals surface area contributed by atoms with Crippen LogP contribution >= 0.6 is 0 Å². The van der Waals surface area contributed by atoms with Crippen LogP contribution in [0, 0.1) is 10.8 Å². The van der Waals surface area contributed by atoms with E-state index in [9.17, 15) is 19.8 Å². The summed E-state index contributed by atoms with van der Waals surface area (Å²) in [6, 6.07) is 0. The lowest BCUT2D eigenvalue weighted by Gasteiger charge is -2.24. The summed E-state index contributed by atoms with van der Waals surface area (Å²) in [5.74, 6) is 0. The van der Waals surface area contributed by atoms with E-state index < -0.39 is 12.2 Å². The van der Waals surface area contributed by atoms with Crippen molar-refractivity contribution in [1.82, 2.24) is 0 Å². The lowest BCUT2D eigenvalue weighted by Crippen LogP contribution is -2.24. The molecule has 0 radical (unpaired) electrons. The first-order chi connectivity index (χ1) is 12.3. The van der Waals surface area contributed by atoms with Crippen LogP contribution in [-0.4, -0.2) is 61.4 Å². The van der Waals surface area contributed by atoms with Gasteiger partial charge in [0.25, 0.3) is 0 Å². The van der Waals surface area contributed by atoms with E-state index in [1.54, 1.807) is 0 Å². The third kappa shape index (κ3) is 10.4. The van der Waals surface area contributed by atoms with Crippen molar-refractivity contribution in [2.45, 2.75) is 78.4 Å². The van der Waals surface area contributed by atoms with Crippen molar-refractivity contribution in [2.75, 3.05) is 26.4 Å². The molecular formula is C20H38O6. The van der Waals surface area contributed by atoms with E-state index in [1.165, 1.54) is 0 Å². The molecule has 0 bridgehead atoms. The van der Waals surface area contributed by atoms with Crippen molar-refractivity contribution in [3.05, 3.63) is 0 Å². The average molecular weight is 375 g/mol. The molecule has 0 aliphatic heterocycles. The standard InChI is InChI=1S/C10H20O3.C10H18O3/c1-3-4-13-7-10(2)5-8(11)9(12)6-10;1-3-8-13-9-10(2,4-6-11)5-7-12/h8-9,11-12H,3-7H2,1-2H3;6-7H,3-5,8-9H2,1-2H3. The highest BCUT2D eigenvalue weighted by atomic mass is 16.5. The fourth-order valence-electron chi connectivity index (χ4n) is 3.01. The summed E-state index contributed by atoms with van der Waals surface area (Å²) < 4.78 is 10.8.